The SMILES string of the molecule is Cc1c(N)ccnc1I. The Bertz CT molecular complexity index is 202. The molecule has 0 aliphatic heterocycles. The van der Waals surface area contributed by atoms with E-state index >= 15 is 0 Å². The molecule has 2 N–H and O–H groups in total. The summed E-state index contributed by atoms with van der Waals surface area (Å²) in [7, 11) is 0. The summed E-state index contributed by atoms with van der Waals surface area (Å²) in [6, 6.07) is 1.80. The van der Waals surface area contributed by atoms with Gasteiger partial charge in [0.25, 0.3) is 0 Å². The largest absolute Gasteiger partial charge is 0.398 e. The molecule has 0 aliphatic rings. The Morgan fingerprint density at radius 2 is 2.33 bits per heavy atom. The van der Waals surface area contributed by atoms with Gasteiger partial charge in [0.1, 0.15) is 3.70 Å². The van der Waals surface area contributed by atoms with Crippen molar-refractivity contribution < 1.29 is 0 Å². The Morgan fingerprint density at radius 3 is 2.78 bits per heavy atom. The standard InChI is InChI=1S/C6H7IN2/c1-4-5(8)2-3-9-6(4)7/h2-3H,1H3,(H2,8,9). The van der Waals surface area contributed by atoms with Crippen molar-refractivity contribution in [1.29, 1.82) is 0 Å². The van der Waals surface area contributed by atoms with Crippen molar-refractivity contribution in [2.24, 2.45) is 0 Å². The van der Waals surface area contributed by atoms with Crippen LogP contribution in [-0.2, 0) is 0 Å². The zero-order valence-electron chi connectivity index (χ0n) is 5.06. The molecule has 0 aliphatic carbocycles. The summed E-state index contributed by atoms with van der Waals surface area (Å²) in [5, 5.41) is 0. The zero-order valence-corrected chi connectivity index (χ0v) is 7.21. The number of hydrogen-bond acceptors (Lipinski definition) is 2. The van der Waals surface area contributed by atoms with Crippen LogP contribution < -0.4 is 5.73 Å². The third-order valence-corrected chi connectivity index (χ3v) is 2.27. The second-order valence-electron chi connectivity index (χ2n) is 1.82. The fourth-order valence-corrected chi connectivity index (χ4v) is 0.996. The molecule has 0 unspecified atom stereocenters. The minimum atomic E-state index is 0.814. The summed E-state index contributed by atoms with van der Waals surface area (Å²) in [6.45, 7) is 1.96. The molecule has 0 saturated heterocycles. The predicted molar refractivity (Wildman–Crippen MR) is 46.1 cm³/mol. The monoisotopic (exact) mass is 234 g/mol. The van der Waals surface area contributed by atoms with Gasteiger partial charge in [0, 0.05) is 17.4 Å². The highest BCUT2D eigenvalue weighted by atomic mass is 127. The van der Waals surface area contributed by atoms with Crippen molar-refractivity contribution in [3.63, 3.8) is 0 Å². The zero-order chi connectivity index (χ0) is 6.85. The third-order valence-electron chi connectivity index (χ3n) is 1.18. The predicted octanol–water partition coefficient (Wildman–Crippen LogP) is 1.58. The second kappa shape index (κ2) is 2.51. The first-order chi connectivity index (χ1) is 4.22. The van der Waals surface area contributed by atoms with Crippen LogP contribution in [0.4, 0.5) is 5.69 Å². The Hall–Kier alpha value is -0.320. The lowest BCUT2D eigenvalue weighted by Gasteiger charge is -1.98. The summed E-state index contributed by atoms with van der Waals surface area (Å²) in [5.41, 5.74) is 7.46. The molecule has 0 aromatic carbocycles. The Morgan fingerprint density at radius 1 is 1.67 bits per heavy atom. The number of nitrogens with zero attached hydrogens (tertiary/aromatic N) is 1. The highest BCUT2D eigenvalue weighted by Crippen LogP contribution is 2.13. The molecule has 48 valence electrons. The summed E-state index contributed by atoms with van der Waals surface area (Å²) in [5.74, 6) is 0. The molecular formula is C6H7IN2. The van der Waals surface area contributed by atoms with E-state index in [1.54, 1.807) is 12.3 Å². The smallest absolute Gasteiger partial charge is 0.106 e. The first-order valence-corrected chi connectivity index (χ1v) is 3.66. The Kier molecular flexibility index (Phi) is 1.90. The van der Waals surface area contributed by atoms with Crippen LogP contribution in [-0.4, -0.2) is 4.98 Å². The van der Waals surface area contributed by atoms with Gasteiger partial charge in [0.2, 0.25) is 0 Å². The molecule has 0 saturated carbocycles. The topological polar surface area (TPSA) is 38.9 Å². The van der Waals surface area contributed by atoms with E-state index in [2.05, 4.69) is 27.6 Å². The third kappa shape index (κ3) is 1.32. The highest BCUT2D eigenvalue weighted by Gasteiger charge is 1.95. The van der Waals surface area contributed by atoms with E-state index in [1.807, 2.05) is 6.92 Å². The molecule has 0 amide bonds. The van der Waals surface area contributed by atoms with Gasteiger partial charge in [0.05, 0.1) is 0 Å². The van der Waals surface area contributed by atoms with E-state index in [4.69, 9.17) is 5.73 Å². The van der Waals surface area contributed by atoms with Gasteiger partial charge in [-0.2, -0.15) is 0 Å². The molecule has 0 atom stereocenters. The highest BCUT2D eigenvalue weighted by molar-refractivity contribution is 14.1. The van der Waals surface area contributed by atoms with Crippen LogP contribution in [0.25, 0.3) is 0 Å². The van der Waals surface area contributed by atoms with Crippen molar-refractivity contribution in [2.75, 3.05) is 5.73 Å². The number of hydrogen-bond donors (Lipinski definition) is 1. The van der Waals surface area contributed by atoms with E-state index in [1.165, 1.54) is 0 Å². The van der Waals surface area contributed by atoms with Crippen LogP contribution in [0, 0.1) is 10.6 Å². The van der Waals surface area contributed by atoms with Crippen molar-refractivity contribution in [2.45, 2.75) is 6.92 Å². The van der Waals surface area contributed by atoms with Crippen LogP contribution in [0.15, 0.2) is 12.3 Å². The number of nitrogen functional groups attached to an aromatic ring is 1. The van der Waals surface area contributed by atoms with Crippen molar-refractivity contribution in [3.05, 3.63) is 21.5 Å². The maximum atomic E-state index is 5.58. The van der Waals surface area contributed by atoms with Crippen molar-refractivity contribution >= 4 is 28.3 Å². The molecule has 1 aromatic heterocycles. The van der Waals surface area contributed by atoms with E-state index in [0.717, 1.165) is 15.0 Å². The van der Waals surface area contributed by atoms with E-state index in [0.29, 0.717) is 0 Å². The fraction of sp³-hybridized carbons (Fsp3) is 0.167. The van der Waals surface area contributed by atoms with Crippen LogP contribution in [0.2, 0.25) is 0 Å². The molecule has 0 bridgehead atoms. The maximum absolute atomic E-state index is 5.58. The molecule has 0 fully saturated rings. The van der Waals surface area contributed by atoms with E-state index in [9.17, 15) is 0 Å². The molecule has 9 heavy (non-hydrogen) atoms. The molecular weight excluding hydrogens is 227 g/mol. The Labute approximate surface area is 67.6 Å². The summed E-state index contributed by atoms with van der Waals surface area (Å²) in [4.78, 5) is 4.05. The normalized spacial score (nSPS) is 9.56. The molecule has 1 heterocycles. The lowest BCUT2D eigenvalue weighted by atomic mass is 10.3. The maximum Gasteiger partial charge on any atom is 0.106 e. The number of rotatable bonds is 0. The molecule has 0 radical (unpaired) electrons. The van der Waals surface area contributed by atoms with E-state index < -0.39 is 0 Å². The first kappa shape index (κ1) is 6.80. The summed E-state index contributed by atoms with van der Waals surface area (Å²) >= 11 is 2.16. The molecule has 1 rings (SSSR count). The number of halogens is 1. The van der Waals surface area contributed by atoms with Gasteiger partial charge in [0.15, 0.2) is 0 Å². The summed E-state index contributed by atoms with van der Waals surface area (Å²) in [6.07, 6.45) is 1.71. The van der Waals surface area contributed by atoms with Crippen molar-refractivity contribution in [1.82, 2.24) is 4.98 Å². The average molecular weight is 234 g/mol. The minimum Gasteiger partial charge on any atom is -0.398 e. The van der Waals surface area contributed by atoms with Gasteiger partial charge in [-0.15, -0.1) is 0 Å². The molecule has 0 spiro atoms. The quantitative estimate of drug-likeness (QED) is 0.546. The van der Waals surface area contributed by atoms with Crippen LogP contribution >= 0.6 is 22.6 Å². The summed E-state index contributed by atoms with van der Waals surface area (Å²) < 4.78 is 0.979. The van der Waals surface area contributed by atoms with Gasteiger partial charge in [-0.1, -0.05) is 0 Å². The number of pyridine rings is 1. The second-order valence-corrected chi connectivity index (χ2v) is 2.84. The van der Waals surface area contributed by atoms with Crippen molar-refractivity contribution in [3.8, 4) is 0 Å². The molecule has 1 aromatic rings. The lowest BCUT2D eigenvalue weighted by Crippen LogP contribution is -1.93. The minimum absolute atomic E-state index is 0.814. The van der Waals surface area contributed by atoms with Gasteiger partial charge in [-0.3, -0.25) is 0 Å². The Balaban J connectivity index is 3.25. The molecule has 2 nitrogen and oxygen atoms in total. The fourth-order valence-electron chi connectivity index (χ4n) is 0.524. The van der Waals surface area contributed by atoms with Gasteiger partial charge in [-0.05, 0) is 35.6 Å². The average Bonchev–Trinajstić information content (AvgIpc) is 1.83. The number of nitrogens with two attached hydrogens (primary N) is 1. The first-order valence-electron chi connectivity index (χ1n) is 2.58. The van der Waals surface area contributed by atoms with Gasteiger partial charge < -0.3 is 5.73 Å². The van der Waals surface area contributed by atoms with Crippen LogP contribution in [0.5, 0.6) is 0 Å². The van der Waals surface area contributed by atoms with Gasteiger partial charge in [-0.25, -0.2) is 4.98 Å². The van der Waals surface area contributed by atoms with E-state index in [-0.39, 0.29) is 0 Å². The number of anilines is 1. The lowest BCUT2D eigenvalue weighted by molar-refractivity contribution is 1.22. The molecule has 3 heteroatoms. The van der Waals surface area contributed by atoms with Crippen LogP contribution in [0.3, 0.4) is 0 Å². The number of aromatic nitrogens is 1. The van der Waals surface area contributed by atoms with Crippen LogP contribution in [0.1, 0.15) is 5.56 Å². The van der Waals surface area contributed by atoms with Gasteiger partial charge >= 0.3 is 0 Å².